The second-order valence-corrected chi connectivity index (χ2v) is 5.55. The molecule has 27 heavy (non-hydrogen) atoms. The van der Waals surface area contributed by atoms with Gasteiger partial charge in [0.05, 0.1) is 52.8 Å². The van der Waals surface area contributed by atoms with E-state index >= 15 is 0 Å². The molecular weight excluding hydrogens is 352 g/mol. The van der Waals surface area contributed by atoms with Crippen molar-refractivity contribution in [2.24, 2.45) is 0 Å². The number of carbonyl (C=O) groups excluding carboxylic acids is 2. The van der Waals surface area contributed by atoms with Gasteiger partial charge in [0.15, 0.2) is 0 Å². The molecule has 8 nitrogen and oxygen atoms in total. The predicted molar refractivity (Wildman–Crippen MR) is 103 cm³/mol. The number of rotatable bonds is 19. The molecular formula is C19H34N2O6. The van der Waals surface area contributed by atoms with Crippen LogP contribution < -0.4 is 5.32 Å². The number of ether oxygens (including phenoxy) is 4. The van der Waals surface area contributed by atoms with E-state index < -0.39 is 0 Å². The fraction of sp³-hybridized carbons (Fsp3) is 0.684. The first-order valence-electron chi connectivity index (χ1n) is 9.26. The Balaban J connectivity index is 3.44. The Morgan fingerprint density at radius 2 is 1.48 bits per heavy atom. The normalized spacial score (nSPS) is 10.9. The number of nitrogens with one attached hydrogen (secondary N) is 1. The van der Waals surface area contributed by atoms with E-state index in [2.05, 4.69) is 18.8 Å². The van der Waals surface area contributed by atoms with Gasteiger partial charge in [-0.1, -0.05) is 19.6 Å². The van der Waals surface area contributed by atoms with E-state index in [1.165, 1.54) is 6.08 Å². The Morgan fingerprint density at radius 1 is 0.963 bits per heavy atom. The maximum atomic E-state index is 11.6. The highest BCUT2D eigenvalue weighted by Crippen LogP contribution is 1.94. The van der Waals surface area contributed by atoms with Crippen molar-refractivity contribution in [2.75, 3.05) is 65.9 Å². The number of hydrogen-bond acceptors (Lipinski definition) is 7. The first kappa shape index (κ1) is 25.3. The number of amides is 2. The highest BCUT2D eigenvalue weighted by molar-refractivity contribution is 5.94. The molecule has 8 heteroatoms. The molecule has 0 aromatic heterocycles. The molecule has 1 N–H and O–H groups in total. The summed E-state index contributed by atoms with van der Waals surface area (Å²) in [5.41, 5.74) is 0.569. The molecule has 2 amide bonds. The highest BCUT2D eigenvalue weighted by atomic mass is 16.6. The van der Waals surface area contributed by atoms with Gasteiger partial charge in [-0.05, 0) is 19.4 Å². The van der Waals surface area contributed by atoms with Crippen LogP contribution in [0, 0.1) is 0 Å². The molecule has 0 aliphatic carbocycles. The van der Waals surface area contributed by atoms with Gasteiger partial charge < -0.3 is 24.3 Å². The van der Waals surface area contributed by atoms with Gasteiger partial charge in [0, 0.05) is 18.8 Å². The quantitative estimate of drug-likeness (QED) is 0.202. The topological polar surface area (TPSA) is 86.3 Å². The van der Waals surface area contributed by atoms with Crippen molar-refractivity contribution in [3.8, 4) is 0 Å². The van der Waals surface area contributed by atoms with E-state index in [-0.39, 0.29) is 12.5 Å². The molecule has 156 valence electrons. The van der Waals surface area contributed by atoms with Crippen LogP contribution in [0.4, 0.5) is 0 Å². The third-order valence-electron chi connectivity index (χ3n) is 3.17. The zero-order valence-electron chi connectivity index (χ0n) is 16.6. The molecule has 0 spiro atoms. The van der Waals surface area contributed by atoms with Gasteiger partial charge >= 0.3 is 0 Å². The Hall–Kier alpha value is -1.74. The van der Waals surface area contributed by atoms with Crippen LogP contribution in [-0.4, -0.2) is 83.2 Å². The van der Waals surface area contributed by atoms with E-state index in [0.717, 1.165) is 17.9 Å². The molecule has 0 radical (unpaired) electrons. The fourth-order valence-electron chi connectivity index (χ4n) is 1.87. The van der Waals surface area contributed by atoms with E-state index in [1.807, 2.05) is 0 Å². The van der Waals surface area contributed by atoms with Crippen molar-refractivity contribution in [2.45, 2.75) is 20.3 Å². The summed E-state index contributed by atoms with van der Waals surface area (Å²) >= 11 is 0. The molecule has 0 atom stereocenters. The van der Waals surface area contributed by atoms with Crippen LogP contribution in [0.2, 0.25) is 0 Å². The van der Waals surface area contributed by atoms with Crippen molar-refractivity contribution in [1.29, 1.82) is 0 Å². The lowest BCUT2D eigenvalue weighted by Gasteiger charge is -2.16. The average molecular weight is 386 g/mol. The third-order valence-corrected chi connectivity index (χ3v) is 3.17. The van der Waals surface area contributed by atoms with Crippen LogP contribution in [0.15, 0.2) is 24.4 Å². The molecule has 0 saturated carbocycles. The second-order valence-electron chi connectivity index (χ2n) is 5.55. The Kier molecular flexibility index (Phi) is 17.8. The smallest absolute Gasteiger partial charge is 0.252 e. The van der Waals surface area contributed by atoms with Gasteiger partial charge in [-0.15, -0.1) is 0 Å². The zero-order valence-corrected chi connectivity index (χ0v) is 16.6. The summed E-state index contributed by atoms with van der Waals surface area (Å²) < 4.78 is 21.5. The summed E-state index contributed by atoms with van der Waals surface area (Å²) in [5, 5.41) is 3.02. The van der Waals surface area contributed by atoms with Gasteiger partial charge in [0.25, 0.3) is 5.91 Å². The van der Waals surface area contributed by atoms with Gasteiger partial charge in [-0.25, -0.2) is 0 Å². The van der Waals surface area contributed by atoms with E-state index in [9.17, 15) is 9.59 Å². The van der Waals surface area contributed by atoms with E-state index in [0.29, 0.717) is 64.9 Å². The summed E-state index contributed by atoms with van der Waals surface area (Å²) in [6, 6.07) is 0. The summed E-state index contributed by atoms with van der Waals surface area (Å²) in [4.78, 5) is 23.5. The second kappa shape index (κ2) is 19.0. The number of imide groups is 1. The maximum Gasteiger partial charge on any atom is 0.252 e. The van der Waals surface area contributed by atoms with Crippen LogP contribution >= 0.6 is 0 Å². The summed E-state index contributed by atoms with van der Waals surface area (Å²) in [7, 11) is 0. The van der Waals surface area contributed by atoms with Crippen molar-refractivity contribution in [1.82, 2.24) is 10.2 Å². The largest absolute Gasteiger partial charge is 0.385 e. The molecule has 0 bridgehead atoms. The molecule has 0 saturated heterocycles. The van der Waals surface area contributed by atoms with Crippen molar-refractivity contribution < 1.29 is 28.5 Å². The van der Waals surface area contributed by atoms with E-state index in [4.69, 9.17) is 18.9 Å². The monoisotopic (exact) mass is 386 g/mol. The van der Waals surface area contributed by atoms with Gasteiger partial charge in [-0.2, -0.15) is 0 Å². The predicted octanol–water partition coefficient (Wildman–Crippen LogP) is 1.13. The van der Waals surface area contributed by atoms with Crippen LogP contribution in [0.25, 0.3) is 0 Å². The van der Waals surface area contributed by atoms with Gasteiger partial charge in [0.1, 0.15) is 0 Å². The number of allylic oxidation sites excluding steroid dienone is 1. The molecule has 0 unspecified atom stereocenters. The molecule has 0 aliphatic heterocycles. The van der Waals surface area contributed by atoms with Gasteiger partial charge in [-0.3, -0.25) is 14.5 Å². The minimum Gasteiger partial charge on any atom is -0.385 e. The average Bonchev–Trinajstić information content (AvgIpc) is 2.66. The number of nitrogens with zero attached hydrogens (tertiary/aromatic N) is 1. The summed E-state index contributed by atoms with van der Waals surface area (Å²) in [5.74, 6) is -0.374. The number of carbonyl (C=O) groups is 2. The van der Waals surface area contributed by atoms with Gasteiger partial charge in [0.2, 0.25) is 6.41 Å². The van der Waals surface area contributed by atoms with Crippen molar-refractivity contribution >= 4 is 12.3 Å². The maximum absolute atomic E-state index is 11.6. The Labute approximate surface area is 162 Å². The van der Waals surface area contributed by atoms with Crippen molar-refractivity contribution in [3.63, 3.8) is 0 Å². The van der Waals surface area contributed by atoms with E-state index in [1.54, 1.807) is 13.0 Å². The third kappa shape index (κ3) is 16.2. The molecule has 0 aromatic rings. The first-order chi connectivity index (χ1) is 13.2. The fourth-order valence-corrected chi connectivity index (χ4v) is 1.87. The molecule has 0 fully saturated rings. The first-order valence-corrected chi connectivity index (χ1v) is 9.26. The van der Waals surface area contributed by atoms with Crippen LogP contribution in [0.1, 0.15) is 20.3 Å². The van der Waals surface area contributed by atoms with Crippen LogP contribution in [-0.2, 0) is 28.5 Å². The Bertz CT molecular complexity index is 428. The van der Waals surface area contributed by atoms with Crippen LogP contribution in [0.5, 0.6) is 0 Å². The summed E-state index contributed by atoms with van der Waals surface area (Å²) in [6.07, 6.45) is 4.42. The minimum absolute atomic E-state index is 0.124. The standard InChI is InChI=1S/C19H34N2O6/c1-4-6-19(23)21(17-22)16-18(3)20-7-9-25-11-13-27-15-14-26-12-10-24-8-5-2/h4,6,17,20H,3,5,7-16H2,1-2H3/b6-4-. The lowest BCUT2D eigenvalue weighted by Crippen LogP contribution is -2.34. The SMILES string of the molecule is C=C(CN(C=O)C(=O)/C=C\C)NCCOCCOCCOCCOCCC. The molecule has 0 aromatic carbocycles. The minimum atomic E-state index is -0.374. The summed E-state index contributed by atoms with van der Waals surface area (Å²) in [6.45, 7) is 12.7. The number of hydrogen-bond donors (Lipinski definition) is 1. The molecule has 0 heterocycles. The highest BCUT2D eigenvalue weighted by Gasteiger charge is 2.09. The van der Waals surface area contributed by atoms with Crippen molar-refractivity contribution in [3.05, 3.63) is 24.4 Å². The molecule has 0 rings (SSSR count). The lowest BCUT2D eigenvalue weighted by molar-refractivity contribution is -0.133. The Morgan fingerprint density at radius 3 is 1.96 bits per heavy atom. The lowest BCUT2D eigenvalue weighted by atomic mass is 10.4. The molecule has 0 aliphatic rings. The van der Waals surface area contributed by atoms with Crippen LogP contribution in [0.3, 0.4) is 0 Å². The zero-order chi connectivity index (χ0) is 20.2.